The number of hydrogen-bond acceptors (Lipinski definition) is 2. The molecule has 34 heavy (non-hydrogen) atoms. The van der Waals surface area contributed by atoms with E-state index in [-0.39, 0.29) is 35.9 Å². The summed E-state index contributed by atoms with van der Waals surface area (Å²) in [6.07, 6.45) is 2.11. The maximum Gasteiger partial charge on any atom is 0.328 e. The lowest BCUT2D eigenvalue weighted by molar-refractivity contribution is -0.131. The fourth-order valence-corrected chi connectivity index (χ4v) is 5.44. The maximum absolute atomic E-state index is 15.4. The van der Waals surface area contributed by atoms with Crippen molar-refractivity contribution in [1.82, 2.24) is 9.88 Å². The molecule has 1 saturated carbocycles. The highest BCUT2D eigenvalue weighted by molar-refractivity contribution is 5.86. The highest BCUT2D eigenvalue weighted by Crippen LogP contribution is 2.47. The van der Waals surface area contributed by atoms with Crippen LogP contribution < -0.4 is 0 Å². The molecule has 1 aliphatic heterocycles. The first-order valence-corrected chi connectivity index (χ1v) is 11.3. The van der Waals surface area contributed by atoms with Gasteiger partial charge >= 0.3 is 5.97 Å². The van der Waals surface area contributed by atoms with E-state index in [0.29, 0.717) is 18.7 Å². The number of alkyl halides is 2. The van der Waals surface area contributed by atoms with Gasteiger partial charge < -0.3 is 10.1 Å². The van der Waals surface area contributed by atoms with E-state index >= 15 is 8.78 Å². The molecule has 0 unspecified atom stereocenters. The molecule has 4 nitrogen and oxygen atoms in total. The summed E-state index contributed by atoms with van der Waals surface area (Å²) in [5.41, 5.74) is 2.41. The molecule has 2 aliphatic rings. The molecule has 178 valence electrons. The number of carbonyl (C=O) groups is 1. The molecular weight excluding hydrogens is 448 g/mol. The average Bonchev–Trinajstić information content (AvgIpc) is 3.10. The molecule has 3 aromatic rings. The Bertz CT molecular complexity index is 1270. The van der Waals surface area contributed by atoms with Crippen LogP contribution >= 0.6 is 0 Å². The molecular formula is C26H24F4N2O2. The number of nitrogens with zero attached hydrogens (tertiary/aromatic N) is 1. The molecule has 1 fully saturated rings. The Labute approximate surface area is 193 Å². The SMILES string of the molecule is C[C@@H]1Cc2c([nH]c3ccccc23)[C@@H](c2c(F)cc(C=CC(=O)O)cc2F)N1CC1CC(F)(F)C1. The second-order valence-electron chi connectivity index (χ2n) is 9.42. The summed E-state index contributed by atoms with van der Waals surface area (Å²) >= 11 is 0. The lowest BCUT2D eigenvalue weighted by atomic mass is 9.79. The number of benzene rings is 2. The molecule has 2 atom stereocenters. The van der Waals surface area contributed by atoms with Crippen LogP contribution in [0.15, 0.2) is 42.5 Å². The van der Waals surface area contributed by atoms with Crippen LogP contribution in [0, 0.1) is 17.6 Å². The standard InChI is InChI=1S/C26H24F4N2O2/c1-14-8-18-17-4-2-3-5-21(17)31-24(18)25(32(14)13-16-11-26(29,30)12-16)23-19(27)9-15(10-20(23)28)6-7-22(33)34/h2-7,9-10,14,16,25,31H,8,11-13H2,1H3,(H,33,34)/t14-,25-/m1/s1. The fourth-order valence-electron chi connectivity index (χ4n) is 5.44. The van der Waals surface area contributed by atoms with Gasteiger partial charge in [0.05, 0.1) is 6.04 Å². The topological polar surface area (TPSA) is 56.3 Å². The molecule has 1 aromatic heterocycles. The van der Waals surface area contributed by atoms with Crippen LogP contribution in [-0.2, 0) is 11.2 Å². The third-order valence-corrected chi connectivity index (χ3v) is 6.95. The van der Waals surface area contributed by atoms with Crippen molar-refractivity contribution in [2.24, 2.45) is 5.92 Å². The number of aliphatic carboxylic acids is 1. The number of carboxylic acids is 1. The van der Waals surface area contributed by atoms with Crippen molar-refractivity contribution < 1.29 is 27.5 Å². The summed E-state index contributed by atoms with van der Waals surface area (Å²) in [4.78, 5) is 16.1. The van der Waals surface area contributed by atoms with Crippen molar-refractivity contribution >= 4 is 22.9 Å². The number of aromatic nitrogens is 1. The number of hydrogen-bond donors (Lipinski definition) is 2. The van der Waals surface area contributed by atoms with E-state index in [1.165, 1.54) is 0 Å². The smallest absolute Gasteiger partial charge is 0.328 e. The maximum atomic E-state index is 15.4. The van der Waals surface area contributed by atoms with E-state index in [4.69, 9.17) is 5.11 Å². The monoisotopic (exact) mass is 472 g/mol. The van der Waals surface area contributed by atoms with E-state index < -0.39 is 29.6 Å². The van der Waals surface area contributed by atoms with Crippen LogP contribution in [0.25, 0.3) is 17.0 Å². The number of H-pyrrole nitrogens is 1. The normalized spacial score (nSPS) is 22.7. The number of fused-ring (bicyclic) bond motifs is 3. The highest BCUT2D eigenvalue weighted by Gasteiger charge is 2.48. The van der Waals surface area contributed by atoms with Gasteiger partial charge in [0.15, 0.2) is 0 Å². The second-order valence-corrected chi connectivity index (χ2v) is 9.42. The van der Waals surface area contributed by atoms with Crippen molar-refractivity contribution in [3.05, 3.63) is 76.5 Å². The van der Waals surface area contributed by atoms with Crippen LogP contribution in [0.2, 0.25) is 0 Å². The van der Waals surface area contributed by atoms with Crippen LogP contribution in [-0.4, -0.2) is 39.5 Å². The number of halogens is 4. The minimum atomic E-state index is -2.68. The Balaban J connectivity index is 1.62. The van der Waals surface area contributed by atoms with Gasteiger partial charge in [0.2, 0.25) is 5.92 Å². The van der Waals surface area contributed by atoms with Crippen LogP contribution in [0.4, 0.5) is 17.6 Å². The van der Waals surface area contributed by atoms with Gasteiger partial charge in [0, 0.05) is 53.7 Å². The van der Waals surface area contributed by atoms with Gasteiger partial charge in [-0.3, -0.25) is 4.90 Å². The molecule has 5 rings (SSSR count). The molecule has 0 amide bonds. The predicted octanol–water partition coefficient (Wildman–Crippen LogP) is 5.93. The third-order valence-electron chi connectivity index (χ3n) is 6.95. The number of aromatic amines is 1. The van der Waals surface area contributed by atoms with Crippen LogP contribution in [0.3, 0.4) is 0 Å². The van der Waals surface area contributed by atoms with Crippen LogP contribution in [0.1, 0.15) is 48.2 Å². The lowest BCUT2D eigenvalue weighted by Crippen LogP contribution is -2.49. The Kier molecular flexibility index (Phi) is 5.51. The van der Waals surface area contributed by atoms with Gasteiger partial charge in [0.1, 0.15) is 11.6 Å². The van der Waals surface area contributed by atoms with Gasteiger partial charge in [-0.1, -0.05) is 18.2 Å². The molecule has 0 bridgehead atoms. The summed E-state index contributed by atoms with van der Waals surface area (Å²) in [7, 11) is 0. The van der Waals surface area contributed by atoms with E-state index in [2.05, 4.69) is 4.98 Å². The van der Waals surface area contributed by atoms with Crippen molar-refractivity contribution in [3.63, 3.8) is 0 Å². The number of nitrogens with one attached hydrogen (secondary N) is 1. The van der Waals surface area contributed by atoms with Gasteiger partial charge in [-0.05, 0) is 54.7 Å². The van der Waals surface area contributed by atoms with E-state index in [9.17, 15) is 13.6 Å². The highest BCUT2D eigenvalue weighted by atomic mass is 19.3. The fraction of sp³-hybridized carbons (Fsp3) is 0.346. The second kappa shape index (κ2) is 8.27. The van der Waals surface area contributed by atoms with Crippen molar-refractivity contribution in [2.75, 3.05) is 6.54 Å². The lowest BCUT2D eigenvalue weighted by Gasteiger charge is -2.46. The molecule has 0 saturated heterocycles. The molecule has 0 radical (unpaired) electrons. The molecule has 0 spiro atoms. The summed E-state index contributed by atoms with van der Waals surface area (Å²) < 4.78 is 58.0. The first-order chi connectivity index (χ1) is 16.1. The summed E-state index contributed by atoms with van der Waals surface area (Å²) in [6.45, 7) is 2.25. The van der Waals surface area contributed by atoms with Gasteiger partial charge in [0.25, 0.3) is 0 Å². The Hall–Kier alpha value is -3.13. The Morgan fingerprint density at radius 3 is 2.53 bits per heavy atom. The summed E-state index contributed by atoms with van der Waals surface area (Å²) in [5.74, 6) is -5.78. The summed E-state index contributed by atoms with van der Waals surface area (Å²) in [5, 5.41) is 9.80. The quantitative estimate of drug-likeness (QED) is 0.358. The Morgan fingerprint density at radius 2 is 1.88 bits per heavy atom. The first-order valence-electron chi connectivity index (χ1n) is 11.3. The zero-order valence-electron chi connectivity index (χ0n) is 18.5. The van der Waals surface area contributed by atoms with E-state index in [1.807, 2.05) is 36.1 Å². The minimum absolute atomic E-state index is 0.0899. The van der Waals surface area contributed by atoms with E-state index in [0.717, 1.165) is 40.8 Å². The molecule has 2 heterocycles. The average molecular weight is 472 g/mol. The molecule has 2 aromatic carbocycles. The molecule has 8 heteroatoms. The van der Waals surface area contributed by atoms with Gasteiger partial charge in [-0.15, -0.1) is 0 Å². The van der Waals surface area contributed by atoms with Gasteiger partial charge in [-0.2, -0.15) is 0 Å². The molecule has 1 aliphatic carbocycles. The number of carboxylic acid groups (broad SMARTS) is 1. The number of para-hydroxylation sites is 1. The minimum Gasteiger partial charge on any atom is -0.478 e. The van der Waals surface area contributed by atoms with Crippen molar-refractivity contribution in [3.8, 4) is 0 Å². The third kappa shape index (κ3) is 4.00. The van der Waals surface area contributed by atoms with Crippen LogP contribution in [0.5, 0.6) is 0 Å². The molecule has 2 N–H and O–H groups in total. The van der Waals surface area contributed by atoms with Crippen molar-refractivity contribution in [1.29, 1.82) is 0 Å². The summed E-state index contributed by atoms with van der Waals surface area (Å²) in [6, 6.07) is 8.91. The zero-order valence-corrected chi connectivity index (χ0v) is 18.5. The largest absolute Gasteiger partial charge is 0.478 e. The first kappa shape index (κ1) is 22.7. The Morgan fingerprint density at radius 1 is 1.21 bits per heavy atom. The van der Waals surface area contributed by atoms with Gasteiger partial charge in [-0.25, -0.2) is 22.4 Å². The number of rotatable bonds is 5. The zero-order chi connectivity index (χ0) is 24.2. The predicted molar refractivity (Wildman–Crippen MR) is 121 cm³/mol. The van der Waals surface area contributed by atoms with Crippen molar-refractivity contribution in [2.45, 2.75) is 44.2 Å². The van der Waals surface area contributed by atoms with E-state index in [1.54, 1.807) is 0 Å².